The second kappa shape index (κ2) is 6.63. The molecular formula is C14H10Br2N2O. The first kappa shape index (κ1) is 14.0. The number of aromatic nitrogens is 1. The molecule has 0 aliphatic carbocycles. The molecule has 96 valence electrons. The fourth-order valence-corrected chi connectivity index (χ4v) is 2.12. The number of amides is 1. The van der Waals surface area contributed by atoms with Crippen molar-refractivity contribution < 1.29 is 4.79 Å². The Morgan fingerprint density at radius 3 is 2.84 bits per heavy atom. The summed E-state index contributed by atoms with van der Waals surface area (Å²) >= 11 is 6.75. The van der Waals surface area contributed by atoms with Crippen molar-refractivity contribution >= 4 is 49.5 Å². The Kier molecular flexibility index (Phi) is 4.87. The average Bonchev–Trinajstić information content (AvgIpc) is 2.42. The van der Waals surface area contributed by atoms with Crippen molar-refractivity contribution in [1.29, 1.82) is 0 Å². The smallest absolute Gasteiger partial charge is 0.248 e. The minimum Gasteiger partial charge on any atom is -0.321 e. The molecule has 0 radical (unpaired) electrons. The van der Waals surface area contributed by atoms with Crippen LogP contribution in [-0.2, 0) is 4.79 Å². The third kappa shape index (κ3) is 4.29. The van der Waals surface area contributed by atoms with Gasteiger partial charge in [-0.3, -0.25) is 9.78 Å². The van der Waals surface area contributed by atoms with Crippen LogP contribution in [0.25, 0.3) is 6.08 Å². The number of anilines is 1. The first-order valence-electron chi connectivity index (χ1n) is 5.49. The maximum absolute atomic E-state index is 11.8. The highest BCUT2D eigenvalue weighted by Gasteiger charge is 2.03. The van der Waals surface area contributed by atoms with E-state index < -0.39 is 0 Å². The molecule has 0 unspecified atom stereocenters. The number of carbonyl (C=O) groups is 1. The molecule has 0 spiro atoms. The molecule has 0 saturated heterocycles. The lowest BCUT2D eigenvalue weighted by atomic mass is 10.2. The van der Waals surface area contributed by atoms with E-state index in [2.05, 4.69) is 42.2 Å². The number of hydrogen-bond acceptors (Lipinski definition) is 2. The van der Waals surface area contributed by atoms with Crippen LogP contribution in [0.15, 0.2) is 57.7 Å². The van der Waals surface area contributed by atoms with E-state index in [1.165, 1.54) is 6.08 Å². The molecule has 1 aromatic carbocycles. The SMILES string of the molecule is O=C(C=Cc1cccnc1)Nc1cc(Br)ccc1Br. The highest BCUT2D eigenvalue weighted by Crippen LogP contribution is 2.26. The van der Waals surface area contributed by atoms with Crippen molar-refractivity contribution in [3.05, 3.63) is 63.3 Å². The van der Waals surface area contributed by atoms with Gasteiger partial charge in [0.15, 0.2) is 0 Å². The van der Waals surface area contributed by atoms with Crippen molar-refractivity contribution in [2.75, 3.05) is 5.32 Å². The summed E-state index contributed by atoms with van der Waals surface area (Å²) in [6.07, 6.45) is 6.58. The zero-order valence-corrected chi connectivity index (χ0v) is 13.0. The normalized spacial score (nSPS) is 10.6. The number of pyridine rings is 1. The van der Waals surface area contributed by atoms with Gasteiger partial charge in [0.2, 0.25) is 5.91 Å². The number of carbonyl (C=O) groups excluding carboxylic acids is 1. The molecule has 5 heteroatoms. The van der Waals surface area contributed by atoms with Crippen LogP contribution in [0.3, 0.4) is 0 Å². The number of halogens is 2. The fraction of sp³-hybridized carbons (Fsp3) is 0. The topological polar surface area (TPSA) is 42.0 Å². The molecule has 0 aliphatic rings. The highest BCUT2D eigenvalue weighted by atomic mass is 79.9. The van der Waals surface area contributed by atoms with E-state index in [1.54, 1.807) is 18.5 Å². The van der Waals surface area contributed by atoms with Crippen molar-refractivity contribution in [1.82, 2.24) is 4.98 Å². The average molecular weight is 382 g/mol. The van der Waals surface area contributed by atoms with Crippen LogP contribution in [-0.4, -0.2) is 10.9 Å². The molecular weight excluding hydrogens is 372 g/mol. The van der Waals surface area contributed by atoms with Gasteiger partial charge >= 0.3 is 0 Å². The van der Waals surface area contributed by atoms with E-state index >= 15 is 0 Å². The van der Waals surface area contributed by atoms with Crippen LogP contribution in [0.4, 0.5) is 5.69 Å². The van der Waals surface area contributed by atoms with E-state index in [0.29, 0.717) is 0 Å². The van der Waals surface area contributed by atoms with Gasteiger partial charge in [0.25, 0.3) is 0 Å². The maximum atomic E-state index is 11.8. The van der Waals surface area contributed by atoms with Crippen LogP contribution >= 0.6 is 31.9 Å². The van der Waals surface area contributed by atoms with Gasteiger partial charge in [-0.05, 0) is 51.8 Å². The molecule has 1 aromatic heterocycles. The molecule has 1 N–H and O–H groups in total. The lowest BCUT2D eigenvalue weighted by molar-refractivity contribution is -0.111. The molecule has 0 bridgehead atoms. The van der Waals surface area contributed by atoms with Gasteiger partial charge in [-0.15, -0.1) is 0 Å². The Hall–Kier alpha value is -1.46. The van der Waals surface area contributed by atoms with Crippen molar-refractivity contribution in [2.45, 2.75) is 0 Å². The van der Waals surface area contributed by atoms with Gasteiger partial charge < -0.3 is 5.32 Å². The lowest BCUT2D eigenvalue weighted by Gasteiger charge is -2.05. The maximum Gasteiger partial charge on any atom is 0.248 e. The van der Waals surface area contributed by atoms with Crippen LogP contribution in [0, 0.1) is 0 Å². The summed E-state index contributed by atoms with van der Waals surface area (Å²) in [4.78, 5) is 15.8. The van der Waals surface area contributed by atoms with E-state index in [9.17, 15) is 4.79 Å². The predicted octanol–water partition coefficient (Wildman–Crippen LogP) is 4.26. The highest BCUT2D eigenvalue weighted by molar-refractivity contribution is 9.11. The van der Waals surface area contributed by atoms with Crippen molar-refractivity contribution in [3.63, 3.8) is 0 Å². The second-order valence-electron chi connectivity index (χ2n) is 3.73. The molecule has 0 atom stereocenters. The third-order valence-corrected chi connectivity index (χ3v) is 3.48. The Balaban J connectivity index is 2.06. The number of nitrogens with one attached hydrogen (secondary N) is 1. The number of benzene rings is 1. The molecule has 19 heavy (non-hydrogen) atoms. The summed E-state index contributed by atoms with van der Waals surface area (Å²) in [5, 5.41) is 2.80. The quantitative estimate of drug-likeness (QED) is 0.807. The first-order chi connectivity index (χ1) is 9.15. The van der Waals surface area contributed by atoms with Gasteiger partial charge in [-0.1, -0.05) is 22.0 Å². The first-order valence-corrected chi connectivity index (χ1v) is 7.08. The van der Waals surface area contributed by atoms with Crippen LogP contribution in [0.2, 0.25) is 0 Å². The van der Waals surface area contributed by atoms with Gasteiger partial charge in [0.05, 0.1) is 5.69 Å². The number of rotatable bonds is 3. The van der Waals surface area contributed by atoms with Gasteiger partial charge in [0.1, 0.15) is 0 Å². The zero-order chi connectivity index (χ0) is 13.7. The summed E-state index contributed by atoms with van der Waals surface area (Å²) in [5.41, 5.74) is 1.60. The van der Waals surface area contributed by atoms with E-state index in [-0.39, 0.29) is 5.91 Å². The third-order valence-electron chi connectivity index (χ3n) is 2.30. The molecule has 3 nitrogen and oxygen atoms in total. The number of nitrogens with zero attached hydrogens (tertiary/aromatic N) is 1. The Labute approximate surface area is 128 Å². The summed E-state index contributed by atoms with van der Waals surface area (Å²) in [6.45, 7) is 0. The molecule has 1 heterocycles. The van der Waals surface area contributed by atoms with Crippen LogP contribution < -0.4 is 5.32 Å². The van der Waals surface area contributed by atoms with Gasteiger partial charge in [-0.2, -0.15) is 0 Å². The van der Waals surface area contributed by atoms with Gasteiger partial charge in [-0.25, -0.2) is 0 Å². The van der Waals surface area contributed by atoms with Crippen LogP contribution in [0.1, 0.15) is 5.56 Å². The van der Waals surface area contributed by atoms with Crippen molar-refractivity contribution in [2.24, 2.45) is 0 Å². The molecule has 0 aliphatic heterocycles. The molecule has 2 rings (SSSR count). The van der Waals surface area contributed by atoms with E-state index in [1.807, 2.05) is 30.3 Å². The summed E-state index contributed by atoms with van der Waals surface area (Å²) in [7, 11) is 0. The Morgan fingerprint density at radius 1 is 1.26 bits per heavy atom. The molecule has 0 fully saturated rings. The van der Waals surface area contributed by atoms with Crippen molar-refractivity contribution in [3.8, 4) is 0 Å². The summed E-state index contributed by atoms with van der Waals surface area (Å²) in [6, 6.07) is 9.30. The number of hydrogen-bond donors (Lipinski definition) is 1. The largest absolute Gasteiger partial charge is 0.321 e. The standard InChI is InChI=1S/C14H10Br2N2O/c15-11-4-5-12(16)13(8-11)18-14(19)6-3-10-2-1-7-17-9-10/h1-9H,(H,18,19). The Morgan fingerprint density at radius 2 is 2.11 bits per heavy atom. The van der Waals surface area contributed by atoms with Gasteiger partial charge in [0, 0.05) is 27.4 Å². The fourth-order valence-electron chi connectivity index (χ4n) is 1.41. The monoisotopic (exact) mass is 380 g/mol. The predicted molar refractivity (Wildman–Crippen MR) is 83.7 cm³/mol. The molecule has 2 aromatic rings. The van der Waals surface area contributed by atoms with E-state index in [0.717, 1.165) is 20.2 Å². The minimum absolute atomic E-state index is 0.192. The summed E-state index contributed by atoms with van der Waals surface area (Å²) < 4.78 is 1.74. The Bertz CT molecular complexity index is 612. The molecule has 0 saturated carbocycles. The van der Waals surface area contributed by atoms with Crippen LogP contribution in [0.5, 0.6) is 0 Å². The minimum atomic E-state index is -0.192. The summed E-state index contributed by atoms with van der Waals surface area (Å²) in [5.74, 6) is -0.192. The zero-order valence-electron chi connectivity index (χ0n) is 9.81. The lowest BCUT2D eigenvalue weighted by Crippen LogP contribution is -2.08. The van der Waals surface area contributed by atoms with E-state index in [4.69, 9.17) is 0 Å². The second-order valence-corrected chi connectivity index (χ2v) is 5.50. The molecule has 1 amide bonds.